The Kier molecular flexibility index (Phi) is 4.53. The molecule has 1 N–H and O–H groups in total. The van der Waals surface area contributed by atoms with Crippen LogP contribution >= 0.6 is 0 Å². The summed E-state index contributed by atoms with van der Waals surface area (Å²) in [6, 6.07) is 6.70. The summed E-state index contributed by atoms with van der Waals surface area (Å²) in [5.41, 5.74) is 1.20. The van der Waals surface area contributed by atoms with Crippen molar-refractivity contribution >= 4 is 5.69 Å². The van der Waals surface area contributed by atoms with Crippen molar-refractivity contribution in [2.75, 3.05) is 0 Å². The van der Waals surface area contributed by atoms with Crippen LogP contribution in [0.2, 0.25) is 0 Å². The van der Waals surface area contributed by atoms with E-state index in [-0.39, 0.29) is 16.7 Å². The molecule has 4 nitrogen and oxygen atoms in total. The van der Waals surface area contributed by atoms with Crippen molar-refractivity contribution < 1.29 is 10.0 Å². The molecule has 0 aliphatic heterocycles. The highest BCUT2D eigenvalue weighted by Gasteiger charge is 2.28. The lowest BCUT2D eigenvalue weighted by Crippen LogP contribution is -2.30. The van der Waals surface area contributed by atoms with E-state index in [1.54, 1.807) is 24.3 Å². The maximum absolute atomic E-state index is 10.6. The maximum Gasteiger partial charge on any atom is 0.269 e. The second kappa shape index (κ2) is 6.15. The summed E-state index contributed by atoms with van der Waals surface area (Å²) in [7, 11) is 0. The molecule has 1 aromatic carbocycles. The van der Waals surface area contributed by atoms with Crippen LogP contribution in [0.3, 0.4) is 0 Å². The highest BCUT2D eigenvalue weighted by Crippen LogP contribution is 2.33. The molecule has 0 radical (unpaired) electrons. The zero-order valence-electron chi connectivity index (χ0n) is 11.3. The van der Waals surface area contributed by atoms with Gasteiger partial charge in [-0.3, -0.25) is 10.1 Å². The van der Waals surface area contributed by atoms with E-state index in [9.17, 15) is 15.2 Å². The molecule has 3 unspecified atom stereocenters. The van der Waals surface area contributed by atoms with Crippen molar-refractivity contribution in [2.45, 2.75) is 45.1 Å². The van der Waals surface area contributed by atoms with Crippen molar-refractivity contribution in [1.82, 2.24) is 0 Å². The van der Waals surface area contributed by atoms with Gasteiger partial charge in [0.1, 0.15) is 0 Å². The quantitative estimate of drug-likeness (QED) is 0.669. The molecule has 0 bridgehead atoms. The first kappa shape index (κ1) is 14.0. The Morgan fingerprint density at radius 2 is 2.00 bits per heavy atom. The lowest BCUT2D eigenvalue weighted by Gasteiger charge is -2.33. The summed E-state index contributed by atoms with van der Waals surface area (Å²) in [4.78, 5) is 10.2. The van der Waals surface area contributed by atoms with Gasteiger partial charge in [-0.2, -0.15) is 0 Å². The monoisotopic (exact) mass is 263 g/mol. The second-order valence-electron chi connectivity index (χ2n) is 5.54. The smallest absolute Gasteiger partial charge is 0.269 e. The number of nitrogens with zero attached hydrogens (tertiary/aromatic N) is 1. The summed E-state index contributed by atoms with van der Waals surface area (Å²) in [6.07, 6.45) is 4.83. The third-order valence-electron chi connectivity index (χ3n) is 4.27. The number of hydrogen-bond acceptors (Lipinski definition) is 3. The molecule has 0 aromatic heterocycles. The number of aliphatic hydroxyl groups excluding tert-OH is 1. The van der Waals surface area contributed by atoms with Crippen LogP contribution in [0.5, 0.6) is 0 Å². The number of nitro groups is 1. The third kappa shape index (κ3) is 3.53. The number of hydrogen-bond donors (Lipinski definition) is 1. The fraction of sp³-hybridized carbons (Fsp3) is 0.600. The molecule has 1 fully saturated rings. The van der Waals surface area contributed by atoms with E-state index in [2.05, 4.69) is 6.92 Å². The number of aliphatic hydroxyl groups is 1. The van der Waals surface area contributed by atoms with Gasteiger partial charge in [-0.1, -0.05) is 25.5 Å². The van der Waals surface area contributed by atoms with E-state index in [4.69, 9.17) is 0 Å². The van der Waals surface area contributed by atoms with Gasteiger partial charge in [-0.15, -0.1) is 0 Å². The van der Waals surface area contributed by atoms with Crippen LogP contribution in [0.25, 0.3) is 0 Å². The molecule has 3 atom stereocenters. The van der Waals surface area contributed by atoms with Crippen LogP contribution in [0, 0.1) is 22.0 Å². The van der Waals surface area contributed by atoms with E-state index < -0.39 is 0 Å². The predicted molar refractivity (Wildman–Crippen MR) is 73.9 cm³/mol. The maximum atomic E-state index is 10.6. The lowest BCUT2D eigenvalue weighted by atomic mass is 9.76. The number of non-ortho nitro benzene ring substituents is 1. The molecule has 1 aliphatic carbocycles. The molecule has 0 saturated heterocycles. The molecule has 2 rings (SSSR count). The number of rotatable bonds is 4. The summed E-state index contributed by atoms with van der Waals surface area (Å²) < 4.78 is 0. The van der Waals surface area contributed by atoms with E-state index in [0.29, 0.717) is 11.8 Å². The predicted octanol–water partition coefficient (Wildman–Crippen LogP) is 3.32. The Bertz CT molecular complexity index is 430. The van der Waals surface area contributed by atoms with E-state index in [0.717, 1.165) is 31.2 Å². The number of nitro benzene ring substituents is 1. The molecular formula is C15H21NO3. The van der Waals surface area contributed by atoms with Crippen LogP contribution in [0.15, 0.2) is 24.3 Å². The van der Waals surface area contributed by atoms with Gasteiger partial charge in [0.05, 0.1) is 11.0 Å². The molecule has 1 saturated carbocycles. The zero-order valence-corrected chi connectivity index (χ0v) is 11.3. The lowest BCUT2D eigenvalue weighted by molar-refractivity contribution is -0.384. The summed E-state index contributed by atoms with van der Waals surface area (Å²) in [6.45, 7) is 2.20. The first-order valence-electron chi connectivity index (χ1n) is 7.01. The van der Waals surface area contributed by atoms with Crippen molar-refractivity contribution in [1.29, 1.82) is 0 Å². The Hall–Kier alpha value is -1.42. The van der Waals surface area contributed by atoms with Gasteiger partial charge in [0, 0.05) is 12.1 Å². The van der Waals surface area contributed by atoms with Gasteiger partial charge in [0.25, 0.3) is 5.69 Å². The molecule has 0 amide bonds. The van der Waals surface area contributed by atoms with Gasteiger partial charge in [-0.05, 0) is 43.1 Å². The normalized spacial score (nSPS) is 27.2. The molecule has 1 aliphatic rings. The van der Waals surface area contributed by atoms with Gasteiger partial charge < -0.3 is 5.11 Å². The zero-order chi connectivity index (χ0) is 13.8. The molecule has 4 heteroatoms. The second-order valence-corrected chi connectivity index (χ2v) is 5.54. The Labute approximate surface area is 113 Å². The molecule has 0 spiro atoms. The summed E-state index contributed by atoms with van der Waals surface area (Å²) in [5, 5.41) is 20.7. The SMILES string of the molecule is CCC1CCC(O)C(Cc2ccc([N+](=O)[O-])cc2)C1. The van der Waals surface area contributed by atoms with Crippen LogP contribution in [0.1, 0.15) is 38.2 Å². The largest absolute Gasteiger partial charge is 0.393 e. The fourth-order valence-corrected chi connectivity index (χ4v) is 2.99. The topological polar surface area (TPSA) is 63.4 Å². The third-order valence-corrected chi connectivity index (χ3v) is 4.27. The van der Waals surface area contributed by atoms with Crippen LogP contribution in [-0.2, 0) is 6.42 Å². The molecule has 0 heterocycles. The average molecular weight is 263 g/mol. The average Bonchev–Trinajstić information content (AvgIpc) is 2.42. The van der Waals surface area contributed by atoms with E-state index >= 15 is 0 Å². The van der Waals surface area contributed by atoms with E-state index in [1.807, 2.05) is 0 Å². The van der Waals surface area contributed by atoms with Gasteiger partial charge >= 0.3 is 0 Å². The fourth-order valence-electron chi connectivity index (χ4n) is 2.99. The minimum absolute atomic E-state index is 0.124. The first-order valence-corrected chi connectivity index (χ1v) is 7.01. The van der Waals surface area contributed by atoms with Crippen molar-refractivity contribution in [2.24, 2.45) is 11.8 Å². The van der Waals surface area contributed by atoms with E-state index in [1.165, 1.54) is 6.42 Å². The highest BCUT2D eigenvalue weighted by molar-refractivity contribution is 5.33. The van der Waals surface area contributed by atoms with Crippen LogP contribution in [0.4, 0.5) is 5.69 Å². The summed E-state index contributed by atoms with van der Waals surface area (Å²) >= 11 is 0. The summed E-state index contributed by atoms with van der Waals surface area (Å²) in [5.74, 6) is 1.01. The molecule has 19 heavy (non-hydrogen) atoms. The Morgan fingerprint density at radius 3 is 2.58 bits per heavy atom. The van der Waals surface area contributed by atoms with Gasteiger partial charge in [-0.25, -0.2) is 0 Å². The standard InChI is InChI=1S/C15H21NO3/c1-2-11-5-8-15(17)13(9-11)10-12-3-6-14(7-4-12)16(18)19/h3-4,6-7,11,13,15,17H,2,5,8-10H2,1H3. The Balaban J connectivity index is 2.01. The van der Waals surface area contributed by atoms with Crippen molar-refractivity contribution in [3.63, 3.8) is 0 Å². The molecule has 104 valence electrons. The Morgan fingerprint density at radius 1 is 1.32 bits per heavy atom. The van der Waals surface area contributed by atoms with Gasteiger partial charge in [0.2, 0.25) is 0 Å². The first-order chi connectivity index (χ1) is 9.10. The number of benzene rings is 1. The molecule has 1 aromatic rings. The van der Waals surface area contributed by atoms with Gasteiger partial charge in [0.15, 0.2) is 0 Å². The van der Waals surface area contributed by atoms with Crippen LogP contribution in [-0.4, -0.2) is 16.1 Å². The minimum atomic E-state index is -0.383. The van der Waals surface area contributed by atoms with Crippen molar-refractivity contribution in [3.05, 3.63) is 39.9 Å². The highest BCUT2D eigenvalue weighted by atomic mass is 16.6. The van der Waals surface area contributed by atoms with Crippen LogP contribution < -0.4 is 0 Å². The minimum Gasteiger partial charge on any atom is -0.393 e. The molecular weight excluding hydrogens is 242 g/mol. The van der Waals surface area contributed by atoms with Crippen molar-refractivity contribution in [3.8, 4) is 0 Å².